The van der Waals surface area contributed by atoms with Gasteiger partial charge in [0, 0.05) is 24.2 Å². The number of carbonyl (C=O) groups is 1. The number of benzene rings is 1. The van der Waals surface area contributed by atoms with E-state index in [-0.39, 0.29) is 23.7 Å². The number of halogens is 3. The molecule has 2 heterocycles. The molecule has 1 N–H and O–H groups in total. The van der Waals surface area contributed by atoms with Crippen LogP contribution in [0.4, 0.5) is 19.0 Å². The number of aromatic nitrogens is 2. The van der Waals surface area contributed by atoms with Crippen LogP contribution in [-0.2, 0) is 6.61 Å². The van der Waals surface area contributed by atoms with E-state index in [0.717, 1.165) is 5.56 Å². The lowest BCUT2D eigenvalue weighted by atomic mass is 10.2. The van der Waals surface area contributed by atoms with Crippen molar-refractivity contribution in [1.82, 2.24) is 9.97 Å². The molecule has 0 saturated carbocycles. The van der Waals surface area contributed by atoms with Gasteiger partial charge in [-0.1, -0.05) is 0 Å². The van der Waals surface area contributed by atoms with Crippen molar-refractivity contribution in [3.63, 3.8) is 0 Å². The highest BCUT2D eigenvalue weighted by Crippen LogP contribution is 2.23. The lowest BCUT2D eigenvalue weighted by molar-refractivity contribution is -0.153. The number of hydrogen-bond donors (Lipinski definition) is 1. The third-order valence-corrected chi connectivity index (χ3v) is 3.67. The minimum atomic E-state index is -4.43. The Labute approximate surface area is 164 Å². The molecule has 0 radical (unpaired) electrons. The Balaban J connectivity index is 1.63. The Kier molecular flexibility index (Phi) is 6.28. The number of ether oxygens (including phenoxy) is 2. The van der Waals surface area contributed by atoms with E-state index >= 15 is 0 Å². The standard InChI is InChI=1S/C20H16F3N3O3/c21-20(22,23)13-29-16-5-3-15(4-6-16)19(27)26-18-17(2-1-9-25-18)28-12-14-7-10-24-11-8-14/h1-11H,12-13H2,(H,25,26,27). The zero-order chi connectivity index (χ0) is 20.7. The van der Waals surface area contributed by atoms with Crippen molar-refractivity contribution in [2.45, 2.75) is 12.8 Å². The number of hydrogen-bond acceptors (Lipinski definition) is 5. The molecule has 0 spiro atoms. The lowest BCUT2D eigenvalue weighted by Gasteiger charge is -2.12. The summed E-state index contributed by atoms with van der Waals surface area (Å²) in [5, 5.41) is 2.63. The molecule has 0 fully saturated rings. The Bertz CT molecular complexity index is 948. The van der Waals surface area contributed by atoms with Crippen molar-refractivity contribution >= 4 is 11.7 Å². The third kappa shape index (κ3) is 6.20. The predicted octanol–water partition coefficient (Wildman–Crippen LogP) is 4.25. The first-order chi connectivity index (χ1) is 13.9. The van der Waals surface area contributed by atoms with Crippen LogP contribution in [0.2, 0.25) is 0 Å². The second kappa shape index (κ2) is 9.05. The molecular formula is C20H16F3N3O3. The molecule has 1 aromatic carbocycles. The lowest BCUT2D eigenvalue weighted by Crippen LogP contribution is -2.19. The summed E-state index contributed by atoms with van der Waals surface area (Å²) >= 11 is 0. The van der Waals surface area contributed by atoms with Crippen LogP contribution in [0, 0.1) is 0 Å². The van der Waals surface area contributed by atoms with Gasteiger partial charge in [-0.05, 0) is 54.1 Å². The van der Waals surface area contributed by atoms with E-state index in [4.69, 9.17) is 4.74 Å². The molecule has 0 aliphatic rings. The summed E-state index contributed by atoms with van der Waals surface area (Å²) in [5.74, 6) is 0.129. The van der Waals surface area contributed by atoms with Crippen molar-refractivity contribution in [2.24, 2.45) is 0 Å². The molecule has 29 heavy (non-hydrogen) atoms. The van der Waals surface area contributed by atoms with Crippen LogP contribution in [0.25, 0.3) is 0 Å². The Hall–Kier alpha value is -3.62. The van der Waals surface area contributed by atoms with Gasteiger partial charge in [-0.25, -0.2) is 4.98 Å². The van der Waals surface area contributed by atoms with E-state index < -0.39 is 18.7 Å². The number of carbonyl (C=O) groups excluding carboxylic acids is 1. The Morgan fingerprint density at radius 1 is 0.966 bits per heavy atom. The molecule has 0 aliphatic heterocycles. The number of alkyl halides is 3. The van der Waals surface area contributed by atoms with Crippen molar-refractivity contribution in [2.75, 3.05) is 11.9 Å². The Morgan fingerprint density at radius 3 is 2.38 bits per heavy atom. The zero-order valence-corrected chi connectivity index (χ0v) is 15.0. The van der Waals surface area contributed by atoms with Gasteiger partial charge in [0.2, 0.25) is 0 Å². The van der Waals surface area contributed by atoms with E-state index in [2.05, 4.69) is 20.0 Å². The fourth-order valence-corrected chi connectivity index (χ4v) is 2.29. The first-order valence-corrected chi connectivity index (χ1v) is 8.48. The molecule has 0 unspecified atom stereocenters. The number of nitrogens with one attached hydrogen (secondary N) is 1. The smallest absolute Gasteiger partial charge is 0.422 e. The molecule has 0 aliphatic carbocycles. The van der Waals surface area contributed by atoms with Gasteiger partial charge in [0.05, 0.1) is 0 Å². The molecule has 0 bridgehead atoms. The molecule has 3 aromatic rings. The highest BCUT2D eigenvalue weighted by Gasteiger charge is 2.28. The average Bonchev–Trinajstić information content (AvgIpc) is 2.72. The monoisotopic (exact) mass is 403 g/mol. The summed E-state index contributed by atoms with van der Waals surface area (Å²) < 4.78 is 46.9. The Morgan fingerprint density at radius 2 is 1.69 bits per heavy atom. The van der Waals surface area contributed by atoms with Gasteiger partial charge in [0.15, 0.2) is 18.2 Å². The van der Waals surface area contributed by atoms with E-state index in [9.17, 15) is 18.0 Å². The van der Waals surface area contributed by atoms with Crippen LogP contribution < -0.4 is 14.8 Å². The van der Waals surface area contributed by atoms with Crippen LogP contribution in [0.1, 0.15) is 15.9 Å². The zero-order valence-electron chi connectivity index (χ0n) is 15.0. The highest BCUT2D eigenvalue weighted by atomic mass is 19.4. The minimum Gasteiger partial charge on any atom is -0.485 e. The molecule has 0 saturated heterocycles. The maximum Gasteiger partial charge on any atom is 0.422 e. The summed E-state index contributed by atoms with van der Waals surface area (Å²) in [7, 11) is 0. The van der Waals surface area contributed by atoms with Crippen LogP contribution in [0.15, 0.2) is 67.1 Å². The third-order valence-electron chi connectivity index (χ3n) is 3.67. The first-order valence-electron chi connectivity index (χ1n) is 8.48. The first kappa shape index (κ1) is 20.1. The molecular weight excluding hydrogens is 387 g/mol. The highest BCUT2D eigenvalue weighted by molar-refractivity contribution is 6.04. The molecule has 3 rings (SSSR count). The normalized spacial score (nSPS) is 11.0. The summed E-state index contributed by atoms with van der Waals surface area (Å²) in [5.41, 5.74) is 1.13. The van der Waals surface area contributed by atoms with Crippen molar-refractivity contribution in [1.29, 1.82) is 0 Å². The summed E-state index contributed by atoms with van der Waals surface area (Å²) in [4.78, 5) is 20.5. The van der Waals surface area contributed by atoms with Crippen molar-refractivity contribution in [3.8, 4) is 11.5 Å². The van der Waals surface area contributed by atoms with Gasteiger partial charge in [0.1, 0.15) is 12.4 Å². The molecule has 6 nitrogen and oxygen atoms in total. The second-order valence-electron chi connectivity index (χ2n) is 5.88. The fourth-order valence-electron chi connectivity index (χ4n) is 2.29. The number of rotatable bonds is 7. The van der Waals surface area contributed by atoms with Crippen LogP contribution >= 0.6 is 0 Å². The molecule has 0 atom stereocenters. The predicted molar refractivity (Wildman–Crippen MR) is 98.8 cm³/mol. The molecule has 150 valence electrons. The van der Waals surface area contributed by atoms with Gasteiger partial charge >= 0.3 is 6.18 Å². The van der Waals surface area contributed by atoms with Gasteiger partial charge < -0.3 is 14.8 Å². The van der Waals surface area contributed by atoms with E-state index in [1.165, 1.54) is 30.5 Å². The van der Waals surface area contributed by atoms with Crippen LogP contribution in [0.3, 0.4) is 0 Å². The maximum absolute atomic E-state index is 12.4. The topological polar surface area (TPSA) is 73.3 Å². The van der Waals surface area contributed by atoms with Gasteiger partial charge in [-0.2, -0.15) is 13.2 Å². The second-order valence-corrected chi connectivity index (χ2v) is 5.88. The summed E-state index contributed by atoms with van der Waals surface area (Å²) in [6.07, 6.45) is 0.365. The summed E-state index contributed by atoms with van der Waals surface area (Å²) in [6.45, 7) is -1.13. The van der Waals surface area contributed by atoms with Crippen molar-refractivity contribution < 1.29 is 27.4 Å². The van der Waals surface area contributed by atoms with E-state index in [1.807, 2.05) is 0 Å². The number of pyridine rings is 2. The molecule has 1 amide bonds. The van der Waals surface area contributed by atoms with Gasteiger partial charge in [-0.3, -0.25) is 9.78 Å². The minimum absolute atomic E-state index is 0.0121. The van der Waals surface area contributed by atoms with Crippen LogP contribution in [-0.4, -0.2) is 28.7 Å². The average molecular weight is 403 g/mol. The largest absolute Gasteiger partial charge is 0.485 e. The molecule has 9 heteroatoms. The van der Waals surface area contributed by atoms with Gasteiger partial charge in [-0.15, -0.1) is 0 Å². The number of nitrogens with zero attached hydrogens (tertiary/aromatic N) is 2. The van der Waals surface area contributed by atoms with Crippen molar-refractivity contribution in [3.05, 3.63) is 78.2 Å². The van der Waals surface area contributed by atoms with E-state index in [1.54, 1.807) is 36.7 Å². The molecule has 2 aromatic heterocycles. The van der Waals surface area contributed by atoms with E-state index in [0.29, 0.717) is 5.75 Å². The number of amides is 1. The SMILES string of the molecule is O=C(Nc1ncccc1OCc1ccncc1)c1ccc(OCC(F)(F)F)cc1. The van der Waals surface area contributed by atoms with Crippen LogP contribution in [0.5, 0.6) is 11.5 Å². The van der Waals surface area contributed by atoms with Gasteiger partial charge in [0.25, 0.3) is 5.91 Å². The fraction of sp³-hybridized carbons (Fsp3) is 0.150. The summed E-state index contributed by atoms with van der Waals surface area (Å²) in [6, 6.07) is 12.2. The number of anilines is 1. The maximum atomic E-state index is 12.4. The quantitative estimate of drug-likeness (QED) is 0.639.